The molecule has 0 unspecified atom stereocenters. The van der Waals surface area contributed by atoms with Crippen LogP contribution in [-0.4, -0.2) is 64.2 Å². The van der Waals surface area contributed by atoms with Crippen molar-refractivity contribution in [1.82, 2.24) is 24.7 Å². The number of anilines is 1. The Morgan fingerprint density at radius 3 is 2.88 bits per heavy atom. The highest BCUT2D eigenvalue weighted by Gasteiger charge is 2.22. The molecule has 0 N–H and O–H groups in total. The Hall–Kier alpha value is -2.58. The van der Waals surface area contributed by atoms with Crippen LogP contribution in [-0.2, 0) is 16.5 Å². The van der Waals surface area contributed by atoms with Crippen molar-refractivity contribution in [3.8, 4) is 11.5 Å². The summed E-state index contributed by atoms with van der Waals surface area (Å²) in [6, 6.07) is 5.72. The van der Waals surface area contributed by atoms with E-state index in [1.807, 2.05) is 39.2 Å². The summed E-state index contributed by atoms with van der Waals surface area (Å²) in [6.45, 7) is 4.54. The van der Waals surface area contributed by atoms with Crippen LogP contribution in [0.15, 0.2) is 24.4 Å². The Morgan fingerprint density at radius 2 is 2.15 bits per heavy atom. The van der Waals surface area contributed by atoms with Crippen LogP contribution in [0.1, 0.15) is 5.69 Å². The molecule has 1 aliphatic rings. The molecule has 0 spiro atoms. The highest BCUT2D eigenvalue weighted by molar-refractivity contribution is 5.91. The van der Waals surface area contributed by atoms with Gasteiger partial charge in [-0.2, -0.15) is 5.10 Å². The van der Waals surface area contributed by atoms with E-state index in [0.29, 0.717) is 32.2 Å². The number of nitrogens with zero attached hydrogens (tertiary/aromatic N) is 6. The van der Waals surface area contributed by atoms with Crippen LogP contribution >= 0.6 is 0 Å². The predicted octanol–water partition coefficient (Wildman–Crippen LogP) is 1.59. The third kappa shape index (κ3) is 3.13. The zero-order valence-corrected chi connectivity index (χ0v) is 15.2. The molecule has 4 heterocycles. The predicted molar refractivity (Wildman–Crippen MR) is 98.1 cm³/mol. The van der Waals surface area contributed by atoms with Crippen molar-refractivity contribution in [2.75, 3.05) is 38.3 Å². The van der Waals surface area contributed by atoms with E-state index in [1.165, 1.54) is 0 Å². The van der Waals surface area contributed by atoms with Gasteiger partial charge in [-0.05, 0) is 19.1 Å². The molecule has 1 atom stereocenters. The van der Waals surface area contributed by atoms with E-state index in [9.17, 15) is 0 Å². The van der Waals surface area contributed by atoms with Gasteiger partial charge in [-0.1, -0.05) is 6.07 Å². The number of hydrogen-bond acceptors (Lipinski definition) is 7. The van der Waals surface area contributed by atoms with Crippen LogP contribution in [0, 0.1) is 6.92 Å². The quantitative estimate of drug-likeness (QED) is 0.704. The molecule has 26 heavy (non-hydrogen) atoms. The molecule has 0 bridgehead atoms. The molecule has 8 heteroatoms. The van der Waals surface area contributed by atoms with Gasteiger partial charge in [-0.25, -0.2) is 9.97 Å². The number of fused-ring (bicyclic) bond motifs is 1. The molecule has 8 nitrogen and oxygen atoms in total. The van der Waals surface area contributed by atoms with E-state index in [1.54, 1.807) is 10.9 Å². The van der Waals surface area contributed by atoms with E-state index >= 15 is 0 Å². The largest absolute Gasteiger partial charge is 0.376 e. The van der Waals surface area contributed by atoms with Crippen molar-refractivity contribution in [1.29, 1.82) is 0 Å². The first kappa shape index (κ1) is 16.9. The van der Waals surface area contributed by atoms with Crippen molar-refractivity contribution in [2.45, 2.75) is 13.0 Å². The fraction of sp³-hybridized carbons (Fsp3) is 0.444. The Balaban J connectivity index is 1.78. The lowest BCUT2D eigenvalue weighted by molar-refractivity contribution is -0.0837. The topological polar surface area (TPSA) is 78.2 Å². The molecule has 4 rings (SSSR count). The van der Waals surface area contributed by atoms with Crippen molar-refractivity contribution in [3.63, 3.8) is 0 Å². The van der Waals surface area contributed by atoms with E-state index in [0.717, 1.165) is 28.2 Å². The van der Waals surface area contributed by atoms with Crippen LogP contribution in [0.2, 0.25) is 0 Å². The second-order valence-corrected chi connectivity index (χ2v) is 6.44. The van der Waals surface area contributed by atoms with Crippen LogP contribution in [0.5, 0.6) is 0 Å². The van der Waals surface area contributed by atoms with Crippen LogP contribution in [0.4, 0.5) is 5.82 Å². The standard InChI is InChI=1S/C18H22N6O2/c1-12-15-17(23(2)10-13-11-25-8-9-26-13)20-16(14-6-4-5-7-19-14)21-18(15)24(3)22-12/h4-7,13H,8-11H2,1-3H3/t13-/m1/s1. The zero-order chi connectivity index (χ0) is 18.1. The highest BCUT2D eigenvalue weighted by atomic mass is 16.6. The minimum atomic E-state index is 0.0223. The van der Waals surface area contributed by atoms with Crippen molar-refractivity contribution in [2.24, 2.45) is 7.05 Å². The first-order valence-corrected chi connectivity index (χ1v) is 8.66. The number of likely N-dealkylation sites (N-methyl/N-ethyl adjacent to an activating group) is 1. The first-order valence-electron chi connectivity index (χ1n) is 8.66. The summed E-state index contributed by atoms with van der Waals surface area (Å²) in [5, 5.41) is 5.48. The first-order chi connectivity index (χ1) is 12.6. The van der Waals surface area contributed by atoms with E-state index in [4.69, 9.17) is 19.4 Å². The number of hydrogen-bond donors (Lipinski definition) is 0. The smallest absolute Gasteiger partial charge is 0.182 e. The third-order valence-corrected chi connectivity index (χ3v) is 4.46. The van der Waals surface area contributed by atoms with E-state index in [2.05, 4.69) is 15.0 Å². The van der Waals surface area contributed by atoms with Crippen LogP contribution in [0.25, 0.3) is 22.6 Å². The Bertz CT molecular complexity index is 905. The molecule has 0 saturated carbocycles. The summed E-state index contributed by atoms with van der Waals surface area (Å²) in [7, 11) is 3.90. The SMILES string of the molecule is Cc1nn(C)c2nc(-c3ccccn3)nc(N(C)C[C@@H]3COCCO3)c12. The summed E-state index contributed by atoms with van der Waals surface area (Å²) < 4.78 is 13.1. The van der Waals surface area contributed by atoms with Gasteiger partial charge in [-0.15, -0.1) is 0 Å². The van der Waals surface area contributed by atoms with Gasteiger partial charge in [0, 0.05) is 26.8 Å². The number of ether oxygens (including phenoxy) is 2. The molecule has 1 fully saturated rings. The zero-order valence-electron chi connectivity index (χ0n) is 15.2. The monoisotopic (exact) mass is 354 g/mol. The molecule has 0 aliphatic carbocycles. The van der Waals surface area contributed by atoms with E-state index in [-0.39, 0.29) is 6.10 Å². The van der Waals surface area contributed by atoms with Crippen LogP contribution < -0.4 is 4.90 Å². The maximum Gasteiger partial charge on any atom is 0.182 e. The molecule has 136 valence electrons. The number of rotatable bonds is 4. The van der Waals surface area contributed by atoms with E-state index < -0.39 is 0 Å². The summed E-state index contributed by atoms with van der Waals surface area (Å²) in [5.41, 5.74) is 2.43. The molecule has 3 aromatic heterocycles. The minimum absolute atomic E-state index is 0.0223. The van der Waals surface area contributed by atoms with Crippen molar-refractivity contribution >= 4 is 16.9 Å². The molecular weight excluding hydrogens is 332 g/mol. The number of aromatic nitrogens is 5. The van der Waals surface area contributed by atoms with Gasteiger partial charge in [0.1, 0.15) is 11.5 Å². The van der Waals surface area contributed by atoms with Gasteiger partial charge >= 0.3 is 0 Å². The maximum atomic E-state index is 5.79. The summed E-state index contributed by atoms with van der Waals surface area (Å²) >= 11 is 0. The normalized spacial score (nSPS) is 17.6. The fourth-order valence-electron chi connectivity index (χ4n) is 3.24. The molecule has 3 aromatic rings. The van der Waals surface area contributed by atoms with Crippen molar-refractivity contribution < 1.29 is 9.47 Å². The lowest BCUT2D eigenvalue weighted by atomic mass is 10.2. The van der Waals surface area contributed by atoms with Gasteiger partial charge in [0.2, 0.25) is 0 Å². The van der Waals surface area contributed by atoms with Gasteiger partial charge in [-0.3, -0.25) is 9.67 Å². The lowest BCUT2D eigenvalue weighted by Crippen LogP contribution is -2.38. The average Bonchev–Trinajstić information content (AvgIpc) is 2.96. The Morgan fingerprint density at radius 1 is 1.27 bits per heavy atom. The molecular formula is C18H22N6O2. The van der Waals surface area contributed by atoms with Crippen LogP contribution in [0.3, 0.4) is 0 Å². The Labute approximate surface area is 151 Å². The summed E-state index contributed by atoms with van der Waals surface area (Å²) in [6.07, 6.45) is 1.77. The highest BCUT2D eigenvalue weighted by Crippen LogP contribution is 2.28. The van der Waals surface area contributed by atoms with Gasteiger partial charge in [0.25, 0.3) is 0 Å². The minimum Gasteiger partial charge on any atom is -0.376 e. The molecule has 1 aliphatic heterocycles. The number of aryl methyl sites for hydroxylation is 2. The van der Waals surface area contributed by atoms with Gasteiger partial charge in [0.15, 0.2) is 11.5 Å². The average molecular weight is 354 g/mol. The second-order valence-electron chi connectivity index (χ2n) is 6.44. The molecule has 1 saturated heterocycles. The molecule has 0 aromatic carbocycles. The van der Waals surface area contributed by atoms with Crippen molar-refractivity contribution in [3.05, 3.63) is 30.1 Å². The summed E-state index contributed by atoms with van der Waals surface area (Å²) in [5.74, 6) is 1.42. The third-order valence-electron chi connectivity index (χ3n) is 4.46. The number of pyridine rings is 1. The Kier molecular flexibility index (Phi) is 4.52. The summed E-state index contributed by atoms with van der Waals surface area (Å²) in [4.78, 5) is 16.0. The molecule has 0 amide bonds. The van der Waals surface area contributed by atoms with Gasteiger partial charge < -0.3 is 14.4 Å². The fourth-order valence-corrected chi connectivity index (χ4v) is 3.24. The lowest BCUT2D eigenvalue weighted by Gasteiger charge is -2.28. The molecule has 0 radical (unpaired) electrons. The van der Waals surface area contributed by atoms with Gasteiger partial charge in [0.05, 0.1) is 37.0 Å². The second kappa shape index (κ2) is 6.97. The maximum absolute atomic E-state index is 5.79.